The van der Waals surface area contributed by atoms with Crippen molar-refractivity contribution in [1.82, 2.24) is 14.7 Å². The number of nitrogens with zero attached hydrogens (tertiary/aromatic N) is 2. The number of amides is 2. The van der Waals surface area contributed by atoms with Crippen LogP contribution < -0.4 is 19.5 Å². The fourth-order valence-corrected chi connectivity index (χ4v) is 3.99. The van der Waals surface area contributed by atoms with Crippen molar-refractivity contribution < 1.29 is 22.7 Å². The van der Waals surface area contributed by atoms with Crippen LogP contribution in [-0.2, 0) is 10.0 Å². The third-order valence-electron chi connectivity index (χ3n) is 4.03. The highest BCUT2D eigenvalue weighted by Gasteiger charge is 2.52. The second-order valence-electron chi connectivity index (χ2n) is 6.35. The summed E-state index contributed by atoms with van der Waals surface area (Å²) in [6.07, 6.45) is 0.561. The lowest BCUT2D eigenvalue weighted by molar-refractivity contribution is 0.256. The number of rotatable bonds is 7. The number of alkyl halides is 2. The van der Waals surface area contributed by atoms with E-state index in [0.717, 1.165) is 0 Å². The molecule has 1 heterocycles. The van der Waals surface area contributed by atoms with E-state index in [9.17, 15) is 13.2 Å². The van der Waals surface area contributed by atoms with Crippen LogP contribution in [0.1, 0.15) is 12.1 Å². The lowest BCUT2D eigenvalue weighted by Gasteiger charge is -2.13. The van der Waals surface area contributed by atoms with Gasteiger partial charge in [0.2, 0.25) is 11.8 Å². The van der Waals surface area contributed by atoms with E-state index in [0.29, 0.717) is 12.1 Å². The maximum Gasteiger partial charge on any atom is 0.335 e. The summed E-state index contributed by atoms with van der Waals surface area (Å²) >= 11 is 11.9. The molecule has 1 saturated carbocycles. The Labute approximate surface area is 177 Å². The van der Waals surface area contributed by atoms with E-state index in [1.165, 1.54) is 25.3 Å². The molecule has 12 heteroatoms. The normalized spacial score (nSPS) is 17.3. The number of halogens is 2. The highest BCUT2D eigenvalue weighted by molar-refractivity contribution is 7.90. The Balaban J connectivity index is 1.71. The third kappa shape index (κ3) is 5.40. The molecule has 1 atom stereocenters. The Morgan fingerprint density at radius 2 is 2.00 bits per heavy atom. The molecule has 9 nitrogen and oxygen atoms in total. The van der Waals surface area contributed by atoms with Crippen LogP contribution in [0.4, 0.5) is 10.7 Å². The van der Waals surface area contributed by atoms with Crippen LogP contribution in [-0.4, -0.2) is 42.5 Å². The number of urea groups is 1. The molecule has 1 aromatic carbocycles. The number of para-hydroxylation sites is 1. The Bertz CT molecular complexity index is 1030. The first-order valence-electron chi connectivity index (χ1n) is 8.44. The summed E-state index contributed by atoms with van der Waals surface area (Å²) in [6.45, 7) is 1.83. The molecule has 0 radical (unpaired) electrons. The number of ether oxygens (including phenoxy) is 2. The second kappa shape index (κ2) is 8.21. The molecule has 0 saturated heterocycles. The lowest BCUT2D eigenvalue weighted by atomic mass is 10.3. The van der Waals surface area contributed by atoms with Crippen molar-refractivity contribution >= 4 is 45.2 Å². The zero-order valence-electron chi connectivity index (χ0n) is 15.5. The average molecular weight is 461 g/mol. The summed E-state index contributed by atoms with van der Waals surface area (Å²) in [7, 11) is -2.82. The molecular formula is C17H18Cl2N4O5S. The number of methoxy groups -OCH3 is 1. The number of sulfonamides is 1. The van der Waals surface area contributed by atoms with Crippen molar-refractivity contribution in [3.63, 3.8) is 0 Å². The number of carbonyl (C=O) groups is 1. The quantitative estimate of drug-likeness (QED) is 0.609. The van der Waals surface area contributed by atoms with Gasteiger partial charge in [-0.2, -0.15) is 4.98 Å². The average Bonchev–Trinajstić information content (AvgIpc) is 3.25. The molecule has 2 amide bonds. The first-order valence-corrected chi connectivity index (χ1v) is 10.7. The molecule has 156 valence electrons. The van der Waals surface area contributed by atoms with Gasteiger partial charge in [-0.05, 0) is 25.5 Å². The first-order chi connectivity index (χ1) is 13.6. The Kier molecular flexibility index (Phi) is 6.06. The van der Waals surface area contributed by atoms with E-state index < -0.39 is 20.4 Å². The molecule has 2 N–H and O–H groups in total. The maximum atomic E-state index is 12.7. The fraction of sp³-hybridized carbons (Fsp3) is 0.353. The predicted octanol–water partition coefficient (Wildman–Crippen LogP) is 2.88. The number of aryl methyl sites for hydroxylation is 1. The smallest absolute Gasteiger partial charge is 0.335 e. The fourth-order valence-electron chi connectivity index (χ4n) is 2.44. The molecule has 29 heavy (non-hydrogen) atoms. The summed E-state index contributed by atoms with van der Waals surface area (Å²) in [6, 6.07) is 6.45. The minimum atomic E-state index is -4.23. The Morgan fingerprint density at radius 3 is 2.66 bits per heavy atom. The van der Waals surface area contributed by atoms with E-state index in [4.69, 9.17) is 32.7 Å². The number of aromatic nitrogens is 2. The second-order valence-corrected chi connectivity index (χ2v) is 9.55. The van der Waals surface area contributed by atoms with Crippen LogP contribution in [0, 0.1) is 12.8 Å². The molecule has 1 aromatic heterocycles. The van der Waals surface area contributed by atoms with E-state index in [1.54, 1.807) is 19.1 Å². The van der Waals surface area contributed by atoms with Gasteiger partial charge in [0.05, 0.1) is 13.7 Å². The molecule has 1 aliphatic rings. The largest absolute Gasteiger partial charge is 0.492 e. The highest BCUT2D eigenvalue weighted by Crippen LogP contribution is 2.53. The highest BCUT2D eigenvalue weighted by atomic mass is 35.5. The summed E-state index contributed by atoms with van der Waals surface area (Å²) in [5.74, 6) is 0.112. The van der Waals surface area contributed by atoms with E-state index >= 15 is 0 Å². The van der Waals surface area contributed by atoms with Crippen molar-refractivity contribution in [3.05, 3.63) is 36.0 Å². The van der Waals surface area contributed by atoms with Crippen molar-refractivity contribution in [2.24, 2.45) is 5.92 Å². The Morgan fingerprint density at radius 1 is 1.31 bits per heavy atom. The minimum Gasteiger partial charge on any atom is -0.492 e. The van der Waals surface area contributed by atoms with Gasteiger partial charge < -0.3 is 9.47 Å². The number of hydrogen-bond acceptors (Lipinski definition) is 7. The number of benzene rings is 1. The monoisotopic (exact) mass is 460 g/mol. The van der Waals surface area contributed by atoms with Crippen LogP contribution in [0.2, 0.25) is 0 Å². The van der Waals surface area contributed by atoms with Gasteiger partial charge in [-0.25, -0.2) is 22.9 Å². The van der Waals surface area contributed by atoms with Gasteiger partial charge >= 0.3 is 6.03 Å². The van der Waals surface area contributed by atoms with Gasteiger partial charge in [-0.3, -0.25) is 5.32 Å². The van der Waals surface area contributed by atoms with E-state index in [2.05, 4.69) is 15.3 Å². The van der Waals surface area contributed by atoms with Crippen molar-refractivity contribution in [2.75, 3.05) is 19.0 Å². The van der Waals surface area contributed by atoms with Gasteiger partial charge in [0.1, 0.15) is 15.0 Å². The molecule has 0 aliphatic heterocycles. The van der Waals surface area contributed by atoms with Crippen LogP contribution in [0.25, 0.3) is 0 Å². The molecule has 2 aromatic rings. The molecule has 0 bridgehead atoms. The van der Waals surface area contributed by atoms with Gasteiger partial charge in [0.15, 0.2) is 0 Å². The van der Waals surface area contributed by atoms with Crippen molar-refractivity contribution in [3.8, 4) is 11.6 Å². The predicted molar refractivity (Wildman–Crippen MR) is 107 cm³/mol. The van der Waals surface area contributed by atoms with E-state index in [1.807, 2.05) is 4.72 Å². The molecule has 1 aliphatic carbocycles. The maximum absolute atomic E-state index is 12.7. The summed E-state index contributed by atoms with van der Waals surface area (Å²) in [5, 5.41) is 2.27. The Hall–Kier alpha value is -2.30. The van der Waals surface area contributed by atoms with Crippen LogP contribution in [0.3, 0.4) is 0 Å². The van der Waals surface area contributed by atoms with E-state index in [-0.39, 0.29) is 35.0 Å². The zero-order chi connectivity index (χ0) is 21.2. The molecule has 1 unspecified atom stereocenters. The first kappa shape index (κ1) is 21.4. The number of anilines is 1. The van der Waals surface area contributed by atoms with Gasteiger partial charge in [-0.15, -0.1) is 23.2 Å². The van der Waals surface area contributed by atoms with Crippen LogP contribution in [0.5, 0.6) is 11.6 Å². The molecular weight excluding hydrogens is 443 g/mol. The standard InChI is InChI=1S/C17H18Cl2N4O5S/c1-10-7-14(27-2)21-15(20-10)22-16(24)23-29(25,26)13-6-4-3-5-12(13)28-9-11-8-17(11,18)19/h3-7,11H,8-9H2,1-2H3,(H2,20,21,22,23,24). The van der Waals surface area contributed by atoms with Gasteiger partial charge in [-0.1, -0.05) is 12.1 Å². The lowest BCUT2D eigenvalue weighted by Crippen LogP contribution is -2.35. The topological polar surface area (TPSA) is 120 Å². The SMILES string of the molecule is COc1cc(C)nc(NC(=O)NS(=O)(=O)c2ccccc2OCC2CC2(Cl)Cl)n1. The molecule has 3 rings (SSSR count). The van der Waals surface area contributed by atoms with Crippen LogP contribution >= 0.6 is 23.2 Å². The number of nitrogens with one attached hydrogen (secondary N) is 2. The summed E-state index contributed by atoms with van der Waals surface area (Å²) in [5.41, 5.74) is 0.531. The summed E-state index contributed by atoms with van der Waals surface area (Å²) < 4.78 is 36.9. The number of hydrogen-bond donors (Lipinski definition) is 2. The van der Waals surface area contributed by atoms with Gasteiger partial charge in [0.25, 0.3) is 10.0 Å². The third-order valence-corrected chi connectivity index (χ3v) is 6.32. The minimum absolute atomic E-state index is 0.0808. The molecule has 1 fully saturated rings. The van der Waals surface area contributed by atoms with Gasteiger partial charge in [0, 0.05) is 17.7 Å². The van der Waals surface area contributed by atoms with Crippen LogP contribution in [0.15, 0.2) is 35.2 Å². The number of carbonyl (C=O) groups excluding carboxylic acids is 1. The van der Waals surface area contributed by atoms with Crippen molar-refractivity contribution in [2.45, 2.75) is 22.6 Å². The van der Waals surface area contributed by atoms with Crippen molar-refractivity contribution in [1.29, 1.82) is 0 Å². The zero-order valence-corrected chi connectivity index (χ0v) is 17.8. The molecule has 0 spiro atoms. The summed E-state index contributed by atoms with van der Waals surface area (Å²) in [4.78, 5) is 19.9.